The van der Waals surface area contributed by atoms with Crippen molar-refractivity contribution >= 4 is 5.91 Å². The van der Waals surface area contributed by atoms with Crippen molar-refractivity contribution in [2.75, 3.05) is 6.54 Å². The number of carbonyl (C=O) groups is 1. The van der Waals surface area contributed by atoms with E-state index in [-0.39, 0.29) is 11.6 Å². The van der Waals surface area contributed by atoms with Crippen molar-refractivity contribution in [3.63, 3.8) is 0 Å². The van der Waals surface area contributed by atoms with Crippen molar-refractivity contribution in [3.8, 4) is 22.8 Å². The monoisotopic (exact) mass is 360 g/mol. The first-order valence-electron chi connectivity index (χ1n) is 8.48. The quantitative estimate of drug-likeness (QED) is 0.567. The molecule has 0 aliphatic heterocycles. The molecule has 27 heavy (non-hydrogen) atoms. The Hall–Kier alpha value is -3.74. The van der Waals surface area contributed by atoms with Gasteiger partial charge in [0.05, 0.1) is 0 Å². The molecule has 0 bridgehead atoms. The van der Waals surface area contributed by atoms with E-state index in [0.29, 0.717) is 30.5 Å². The minimum atomic E-state index is -0.316. The van der Waals surface area contributed by atoms with E-state index in [9.17, 15) is 4.79 Å². The van der Waals surface area contributed by atoms with Crippen LogP contribution in [-0.4, -0.2) is 27.8 Å². The molecule has 134 valence electrons. The maximum Gasteiger partial charge on any atom is 0.273 e. The molecular weight excluding hydrogens is 344 g/mol. The van der Waals surface area contributed by atoms with Gasteiger partial charge in [-0.2, -0.15) is 0 Å². The maximum absolute atomic E-state index is 12.2. The fraction of sp³-hybridized carbons (Fsp3) is 0.100. The second-order valence-electron chi connectivity index (χ2n) is 5.82. The molecule has 0 atom stereocenters. The van der Waals surface area contributed by atoms with Gasteiger partial charge in [-0.25, -0.2) is 0 Å². The lowest BCUT2D eigenvalue weighted by Crippen LogP contribution is -2.26. The molecule has 4 rings (SSSR count). The molecular formula is C20H16N4O3. The largest absolute Gasteiger partial charge is 0.421 e. The maximum atomic E-state index is 12.2. The molecule has 1 N–H and O–H groups in total. The Morgan fingerprint density at radius 3 is 2.37 bits per heavy atom. The fourth-order valence-corrected chi connectivity index (χ4v) is 2.55. The first-order chi connectivity index (χ1) is 13.3. The number of nitrogens with zero attached hydrogens (tertiary/aromatic N) is 3. The summed E-state index contributed by atoms with van der Waals surface area (Å²) in [6.45, 7) is 0.350. The smallest absolute Gasteiger partial charge is 0.273 e. The first kappa shape index (κ1) is 16.7. The lowest BCUT2D eigenvalue weighted by Gasteiger charge is -1.99. The van der Waals surface area contributed by atoms with Gasteiger partial charge >= 0.3 is 0 Å². The molecule has 2 aromatic carbocycles. The van der Waals surface area contributed by atoms with E-state index in [0.717, 1.165) is 11.1 Å². The zero-order valence-corrected chi connectivity index (χ0v) is 14.3. The van der Waals surface area contributed by atoms with E-state index in [1.54, 1.807) is 6.07 Å². The Kier molecular flexibility index (Phi) is 4.74. The highest BCUT2D eigenvalue weighted by Crippen LogP contribution is 2.20. The summed E-state index contributed by atoms with van der Waals surface area (Å²) in [7, 11) is 0. The Balaban J connectivity index is 1.33. The highest BCUT2D eigenvalue weighted by Gasteiger charge is 2.14. The molecule has 0 saturated carbocycles. The normalized spacial score (nSPS) is 10.7. The zero-order chi connectivity index (χ0) is 18.5. The van der Waals surface area contributed by atoms with Gasteiger partial charge in [0.2, 0.25) is 11.8 Å². The van der Waals surface area contributed by atoms with Gasteiger partial charge in [-0.15, -0.1) is 10.2 Å². The number of hydrogen-bond donors (Lipinski definition) is 1. The minimum absolute atomic E-state index is 0.226. The third kappa shape index (κ3) is 3.92. The number of hydrogen-bond acceptors (Lipinski definition) is 6. The molecule has 0 fully saturated rings. The predicted molar refractivity (Wildman–Crippen MR) is 97.7 cm³/mol. The van der Waals surface area contributed by atoms with Crippen molar-refractivity contribution in [1.29, 1.82) is 0 Å². The molecule has 2 heterocycles. The number of nitrogens with one attached hydrogen (secondary N) is 1. The second-order valence-corrected chi connectivity index (χ2v) is 5.82. The van der Waals surface area contributed by atoms with Gasteiger partial charge in [0.1, 0.15) is 0 Å². The van der Waals surface area contributed by atoms with E-state index >= 15 is 0 Å². The van der Waals surface area contributed by atoms with Gasteiger partial charge in [-0.05, 0) is 12.1 Å². The topological polar surface area (TPSA) is 94.1 Å². The summed E-state index contributed by atoms with van der Waals surface area (Å²) in [5, 5.41) is 14.6. The van der Waals surface area contributed by atoms with E-state index in [1.165, 1.54) is 0 Å². The van der Waals surface area contributed by atoms with E-state index < -0.39 is 0 Å². The summed E-state index contributed by atoms with van der Waals surface area (Å²) in [6, 6.07) is 20.6. The van der Waals surface area contributed by atoms with E-state index in [1.807, 2.05) is 60.7 Å². The fourth-order valence-electron chi connectivity index (χ4n) is 2.55. The lowest BCUT2D eigenvalue weighted by molar-refractivity contribution is 0.0944. The molecule has 0 aliphatic carbocycles. The molecule has 0 aliphatic rings. The molecule has 7 nitrogen and oxygen atoms in total. The van der Waals surface area contributed by atoms with Crippen LogP contribution in [0, 0.1) is 0 Å². The van der Waals surface area contributed by atoms with Crippen LogP contribution in [0.15, 0.2) is 75.7 Å². The van der Waals surface area contributed by atoms with Crippen LogP contribution in [0.3, 0.4) is 0 Å². The molecule has 2 aromatic heterocycles. The van der Waals surface area contributed by atoms with Gasteiger partial charge < -0.3 is 14.3 Å². The second kappa shape index (κ2) is 7.65. The third-order valence-electron chi connectivity index (χ3n) is 3.91. The third-order valence-corrected chi connectivity index (χ3v) is 3.91. The molecule has 0 saturated heterocycles. The average Bonchev–Trinajstić information content (AvgIpc) is 3.39. The number of aromatic nitrogens is 3. The summed E-state index contributed by atoms with van der Waals surface area (Å²) >= 11 is 0. The van der Waals surface area contributed by atoms with Gasteiger partial charge in [-0.3, -0.25) is 4.79 Å². The minimum Gasteiger partial charge on any atom is -0.421 e. The Labute approximate surface area is 155 Å². The molecule has 0 spiro atoms. The van der Waals surface area contributed by atoms with Crippen molar-refractivity contribution in [2.45, 2.75) is 6.42 Å². The van der Waals surface area contributed by atoms with Gasteiger partial charge in [0.15, 0.2) is 11.5 Å². The standard InChI is InChI=1S/C20H16N4O3/c25-19(16-13-17(27-24-16)14-7-3-1-4-8-14)21-12-11-18-22-23-20(26-18)15-9-5-2-6-10-15/h1-10,13H,11-12H2,(H,21,25). The van der Waals surface area contributed by atoms with Crippen LogP contribution in [0.5, 0.6) is 0 Å². The molecule has 1 amide bonds. The van der Waals surface area contributed by atoms with Gasteiger partial charge in [0, 0.05) is 30.2 Å². The lowest BCUT2D eigenvalue weighted by atomic mass is 10.1. The van der Waals surface area contributed by atoms with Crippen molar-refractivity contribution < 1.29 is 13.7 Å². The van der Waals surface area contributed by atoms with Crippen molar-refractivity contribution in [3.05, 3.63) is 78.3 Å². The predicted octanol–water partition coefficient (Wildman–Crippen LogP) is 3.36. The van der Waals surface area contributed by atoms with Gasteiger partial charge in [-0.1, -0.05) is 53.7 Å². The number of benzene rings is 2. The van der Waals surface area contributed by atoms with E-state index in [2.05, 4.69) is 20.7 Å². The summed E-state index contributed by atoms with van der Waals surface area (Å²) in [6.07, 6.45) is 0.426. The van der Waals surface area contributed by atoms with Crippen LogP contribution < -0.4 is 5.32 Å². The molecule has 7 heteroatoms. The number of carbonyl (C=O) groups excluding carboxylic acids is 1. The molecule has 4 aromatic rings. The van der Waals surface area contributed by atoms with Crippen LogP contribution in [-0.2, 0) is 6.42 Å². The zero-order valence-electron chi connectivity index (χ0n) is 14.3. The summed E-state index contributed by atoms with van der Waals surface area (Å²) < 4.78 is 10.8. The van der Waals surface area contributed by atoms with Crippen molar-refractivity contribution in [2.24, 2.45) is 0 Å². The molecule has 0 unspecified atom stereocenters. The van der Waals surface area contributed by atoms with Crippen LogP contribution in [0.1, 0.15) is 16.4 Å². The summed E-state index contributed by atoms with van der Waals surface area (Å²) in [5.41, 5.74) is 1.95. The van der Waals surface area contributed by atoms with Crippen molar-refractivity contribution in [1.82, 2.24) is 20.7 Å². The van der Waals surface area contributed by atoms with Gasteiger partial charge in [0.25, 0.3) is 5.91 Å². The summed E-state index contributed by atoms with van der Waals surface area (Å²) in [4.78, 5) is 12.2. The van der Waals surface area contributed by atoms with Crippen LogP contribution in [0.25, 0.3) is 22.8 Å². The first-order valence-corrected chi connectivity index (χ1v) is 8.48. The SMILES string of the molecule is O=C(NCCc1nnc(-c2ccccc2)o1)c1cc(-c2ccccc2)on1. The highest BCUT2D eigenvalue weighted by molar-refractivity contribution is 5.93. The average molecular weight is 360 g/mol. The Bertz CT molecular complexity index is 1030. The van der Waals surface area contributed by atoms with Crippen LogP contribution in [0.4, 0.5) is 0 Å². The number of rotatable bonds is 6. The Morgan fingerprint density at radius 2 is 1.63 bits per heavy atom. The van der Waals surface area contributed by atoms with E-state index in [4.69, 9.17) is 8.94 Å². The van der Waals surface area contributed by atoms with Crippen LogP contribution >= 0.6 is 0 Å². The Morgan fingerprint density at radius 1 is 0.926 bits per heavy atom. The summed E-state index contributed by atoms with van der Waals surface area (Å²) in [5.74, 6) is 1.15. The molecule has 0 radical (unpaired) electrons. The number of amides is 1. The van der Waals surface area contributed by atoms with Crippen LogP contribution in [0.2, 0.25) is 0 Å². The highest BCUT2D eigenvalue weighted by atomic mass is 16.5.